The van der Waals surface area contributed by atoms with Crippen molar-refractivity contribution in [3.05, 3.63) is 57.2 Å². The molecule has 3 heterocycles. The molecular formula is C20H21FN2O2S. The lowest BCUT2D eigenvalue weighted by Gasteiger charge is -2.26. The Kier molecular flexibility index (Phi) is 4.54. The minimum absolute atomic E-state index is 0.0257. The van der Waals surface area contributed by atoms with Gasteiger partial charge in [0.15, 0.2) is 0 Å². The number of carbonyl (C=O) groups excluding carboxylic acids is 1. The van der Waals surface area contributed by atoms with Crippen LogP contribution in [0.4, 0.5) is 4.39 Å². The Morgan fingerprint density at radius 1 is 1.42 bits per heavy atom. The van der Waals surface area contributed by atoms with Crippen LogP contribution in [0.5, 0.6) is 0 Å². The maximum Gasteiger partial charge on any atom is 0.234 e. The van der Waals surface area contributed by atoms with E-state index in [1.165, 1.54) is 22.6 Å². The Balaban J connectivity index is 1.42. The maximum absolute atomic E-state index is 13.5. The van der Waals surface area contributed by atoms with Crippen LogP contribution in [-0.4, -0.2) is 23.9 Å². The molecule has 0 saturated carbocycles. The molecule has 4 nitrogen and oxygen atoms in total. The molecule has 1 atom stereocenters. The number of fused-ring (bicyclic) bond motifs is 2. The molecule has 0 spiro atoms. The number of benzene rings is 1. The first-order chi connectivity index (χ1) is 12.5. The molecule has 2 aromatic heterocycles. The third-order valence-electron chi connectivity index (χ3n) is 4.96. The monoisotopic (exact) mass is 372 g/mol. The van der Waals surface area contributed by atoms with Gasteiger partial charge in [-0.05, 0) is 55.5 Å². The lowest BCUT2D eigenvalue weighted by atomic mass is 10.1. The summed E-state index contributed by atoms with van der Waals surface area (Å²) in [5, 5.41) is 5.88. The minimum atomic E-state index is -0.289. The van der Waals surface area contributed by atoms with Crippen LogP contribution in [0.2, 0.25) is 0 Å². The highest BCUT2D eigenvalue weighted by Crippen LogP contribution is 2.30. The second-order valence-corrected chi connectivity index (χ2v) is 7.85. The van der Waals surface area contributed by atoms with Crippen molar-refractivity contribution in [1.82, 2.24) is 10.2 Å². The Labute approximate surface area is 155 Å². The first kappa shape index (κ1) is 17.2. The highest BCUT2D eigenvalue weighted by Gasteiger charge is 2.22. The Morgan fingerprint density at radius 3 is 3.12 bits per heavy atom. The molecule has 1 unspecified atom stereocenters. The molecule has 0 fully saturated rings. The Bertz CT molecular complexity index is 962. The van der Waals surface area contributed by atoms with Crippen LogP contribution >= 0.6 is 11.3 Å². The number of carbonyl (C=O) groups is 1. The van der Waals surface area contributed by atoms with Crippen molar-refractivity contribution in [2.75, 3.05) is 13.1 Å². The van der Waals surface area contributed by atoms with Gasteiger partial charge in [0.05, 0.1) is 12.6 Å². The van der Waals surface area contributed by atoms with E-state index in [0.29, 0.717) is 17.9 Å². The van der Waals surface area contributed by atoms with Crippen LogP contribution in [0.1, 0.15) is 34.7 Å². The molecule has 0 saturated heterocycles. The summed E-state index contributed by atoms with van der Waals surface area (Å²) in [5.74, 6) is 0.363. The number of rotatable bonds is 4. The molecule has 4 rings (SSSR count). The largest absolute Gasteiger partial charge is 0.459 e. The summed E-state index contributed by atoms with van der Waals surface area (Å²) in [6.45, 7) is 5.88. The van der Waals surface area contributed by atoms with Crippen LogP contribution in [0.3, 0.4) is 0 Å². The fraction of sp³-hybridized carbons (Fsp3) is 0.350. The predicted molar refractivity (Wildman–Crippen MR) is 101 cm³/mol. The number of hydrogen-bond acceptors (Lipinski definition) is 4. The van der Waals surface area contributed by atoms with Crippen LogP contribution in [0, 0.1) is 12.7 Å². The van der Waals surface area contributed by atoms with Gasteiger partial charge in [0.25, 0.3) is 0 Å². The first-order valence-electron chi connectivity index (χ1n) is 8.77. The Hall–Kier alpha value is -2.18. The van der Waals surface area contributed by atoms with Gasteiger partial charge in [-0.1, -0.05) is 0 Å². The summed E-state index contributed by atoms with van der Waals surface area (Å²) in [5.41, 5.74) is 2.84. The van der Waals surface area contributed by atoms with Crippen molar-refractivity contribution in [3.63, 3.8) is 0 Å². The van der Waals surface area contributed by atoms with Crippen LogP contribution in [0.15, 0.2) is 34.1 Å². The van der Waals surface area contributed by atoms with Gasteiger partial charge in [-0.25, -0.2) is 4.39 Å². The van der Waals surface area contributed by atoms with Crippen LogP contribution in [0.25, 0.3) is 11.0 Å². The summed E-state index contributed by atoms with van der Waals surface area (Å²) in [6.07, 6.45) is 1.00. The van der Waals surface area contributed by atoms with E-state index >= 15 is 0 Å². The molecule has 0 radical (unpaired) electrons. The summed E-state index contributed by atoms with van der Waals surface area (Å²) in [6, 6.07) is 6.36. The van der Waals surface area contributed by atoms with Gasteiger partial charge in [0.2, 0.25) is 5.91 Å². The zero-order valence-electron chi connectivity index (χ0n) is 14.8. The number of halogens is 1. The van der Waals surface area contributed by atoms with Crippen molar-refractivity contribution < 1.29 is 13.6 Å². The fourth-order valence-corrected chi connectivity index (χ4v) is 4.51. The molecule has 1 N–H and O–H groups in total. The highest BCUT2D eigenvalue weighted by molar-refractivity contribution is 7.10. The second kappa shape index (κ2) is 6.85. The predicted octanol–water partition coefficient (Wildman–Crippen LogP) is 4.18. The van der Waals surface area contributed by atoms with Crippen molar-refractivity contribution in [2.45, 2.75) is 32.9 Å². The summed E-state index contributed by atoms with van der Waals surface area (Å²) in [4.78, 5) is 16.1. The fourth-order valence-electron chi connectivity index (χ4n) is 3.62. The van der Waals surface area contributed by atoms with Gasteiger partial charge in [0, 0.05) is 28.9 Å². The van der Waals surface area contributed by atoms with Gasteiger partial charge in [-0.15, -0.1) is 11.3 Å². The SMILES string of the molecule is Cc1c(C(C)NC(=O)CN2CCc3sccc3C2)oc2ccc(F)cc12. The van der Waals surface area contributed by atoms with Crippen molar-refractivity contribution in [1.29, 1.82) is 0 Å². The summed E-state index contributed by atoms with van der Waals surface area (Å²) < 4.78 is 19.3. The number of nitrogens with one attached hydrogen (secondary N) is 1. The normalized spacial score (nSPS) is 15.8. The summed E-state index contributed by atoms with van der Waals surface area (Å²) >= 11 is 1.79. The average Bonchev–Trinajstić information content (AvgIpc) is 3.19. The van der Waals surface area contributed by atoms with Gasteiger partial charge >= 0.3 is 0 Å². The molecule has 1 aromatic carbocycles. The minimum Gasteiger partial charge on any atom is -0.459 e. The molecule has 6 heteroatoms. The number of furan rings is 1. The molecular weight excluding hydrogens is 351 g/mol. The molecule has 1 amide bonds. The van der Waals surface area contributed by atoms with Crippen LogP contribution < -0.4 is 5.32 Å². The van der Waals surface area contributed by atoms with Crippen molar-refractivity contribution >= 4 is 28.2 Å². The zero-order chi connectivity index (χ0) is 18.3. The first-order valence-corrected chi connectivity index (χ1v) is 9.64. The second-order valence-electron chi connectivity index (χ2n) is 6.85. The van der Waals surface area contributed by atoms with Gasteiger partial charge in [-0.2, -0.15) is 0 Å². The van der Waals surface area contributed by atoms with E-state index in [1.54, 1.807) is 17.4 Å². The topological polar surface area (TPSA) is 45.5 Å². The van der Waals surface area contributed by atoms with E-state index in [2.05, 4.69) is 21.7 Å². The number of hydrogen-bond donors (Lipinski definition) is 1. The molecule has 26 heavy (non-hydrogen) atoms. The molecule has 0 bridgehead atoms. The third kappa shape index (κ3) is 3.27. The van der Waals surface area contributed by atoms with Crippen LogP contribution in [-0.2, 0) is 17.8 Å². The third-order valence-corrected chi connectivity index (χ3v) is 5.98. The van der Waals surface area contributed by atoms with Crippen molar-refractivity contribution in [2.24, 2.45) is 0 Å². The number of amides is 1. The zero-order valence-corrected chi connectivity index (χ0v) is 15.7. The molecule has 136 valence electrons. The molecule has 3 aromatic rings. The number of thiophene rings is 1. The van der Waals surface area contributed by atoms with Gasteiger partial charge < -0.3 is 9.73 Å². The highest BCUT2D eigenvalue weighted by atomic mass is 32.1. The Morgan fingerprint density at radius 2 is 2.27 bits per heavy atom. The quantitative estimate of drug-likeness (QED) is 0.747. The number of aryl methyl sites for hydroxylation is 1. The van der Waals surface area contributed by atoms with Gasteiger partial charge in [-0.3, -0.25) is 9.69 Å². The summed E-state index contributed by atoms with van der Waals surface area (Å²) in [7, 11) is 0. The van der Waals surface area contributed by atoms with E-state index in [4.69, 9.17) is 4.42 Å². The van der Waals surface area contributed by atoms with E-state index in [9.17, 15) is 9.18 Å². The molecule has 1 aliphatic rings. The van der Waals surface area contributed by atoms with E-state index in [1.807, 2.05) is 13.8 Å². The average molecular weight is 372 g/mol. The lowest BCUT2D eigenvalue weighted by molar-refractivity contribution is -0.123. The van der Waals surface area contributed by atoms with E-state index < -0.39 is 0 Å². The van der Waals surface area contributed by atoms with Crippen molar-refractivity contribution in [3.8, 4) is 0 Å². The van der Waals surface area contributed by atoms with E-state index in [-0.39, 0.29) is 17.8 Å². The van der Waals surface area contributed by atoms with E-state index in [0.717, 1.165) is 30.5 Å². The molecule has 0 aliphatic carbocycles. The van der Waals surface area contributed by atoms with Gasteiger partial charge in [0.1, 0.15) is 17.2 Å². The number of nitrogens with zero attached hydrogens (tertiary/aromatic N) is 1. The molecule has 1 aliphatic heterocycles. The maximum atomic E-state index is 13.5. The lowest BCUT2D eigenvalue weighted by Crippen LogP contribution is -2.40. The smallest absolute Gasteiger partial charge is 0.234 e. The standard InChI is InChI=1S/C20H21FN2O2S/c1-12-16-9-15(21)3-4-17(16)25-20(12)13(2)22-19(24)11-23-7-5-18-14(10-23)6-8-26-18/h3-4,6,8-9,13H,5,7,10-11H2,1-2H3,(H,22,24).